The average molecular weight is 276 g/mol. The molecule has 0 bridgehead atoms. The molecular formula is C13H16N4OS. The summed E-state index contributed by atoms with van der Waals surface area (Å²) >= 11 is 1.68. The summed E-state index contributed by atoms with van der Waals surface area (Å²) in [4.78, 5) is 12.1. The summed E-state index contributed by atoms with van der Waals surface area (Å²) in [5, 5.41) is 17.4. The molecule has 0 unspecified atom stereocenters. The Morgan fingerprint density at radius 1 is 1.53 bits per heavy atom. The lowest BCUT2D eigenvalue weighted by Gasteiger charge is -2.12. The predicted octanol–water partition coefficient (Wildman–Crippen LogP) is 1.09. The van der Waals surface area contributed by atoms with Crippen molar-refractivity contribution in [3.8, 4) is 0 Å². The van der Waals surface area contributed by atoms with Gasteiger partial charge in [0.25, 0.3) is 5.91 Å². The summed E-state index contributed by atoms with van der Waals surface area (Å²) in [5.74, 6) is -0.0866. The van der Waals surface area contributed by atoms with Crippen molar-refractivity contribution >= 4 is 17.2 Å². The standard InChI is InChI=1S/C13H16N4OS/c18-13(15-5-1-9-3-6-19-8-9)12-10-7-14-4-2-11(10)16-17-12/h3,6,8,14H,1-2,4-5,7H2,(H,15,18)(H,16,17). The van der Waals surface area contributed by atoms with Crippen molar-refractivity contribution in [2.45, 2.75) is 19.4 Å². The monoisotopic (exact) mass is 276 g/mol. The molecule has 1 aliphatic rings. The number of aromatic amines is 1. The van der Waals surface area contributed by atoms with E-state index < -0.39 is 0 Å². The first-order valence-electron chi connectivity index (χ1n) is 6.40. The molecule has 0 fully saturated rings. The Morgan fingerprint density at radius 2 is 2.47 bits per heavy atom. The van der Waals surface area contributed by atoms with Crippen molar-refractivity contribution in [1.82, 2.24) is 20.8 Å². The number of thiophene rings is 1. The fourth-order valence-corrected chi connectivity index (χ4v) is 2.96. The van der Waals surface area contributed by atoms with Gasteiger partial charge in [-0.1, -0.05) is 0 Å². The number of H-pyrrole nitrogens is 1. The van der Waals surface area contributed by atoms with Crippen LogP contribution < -0.4 is 10.6 Å². The van der Waals surface area contributed by atoms with Crippen LogP contribution in [0.2, 0.25) is 0 Å². The van der Waals surface area contributed by atoms with Gasteiger partial charge in [0, 0.05) is 37.3 Å². The van der Waals surface area contributed by atoms with Crippen LogP contribution in [0.4, 0.5) is 0 Å². The maximum Gasteiger partial charge on any atom is 0.272 e. The third-order valence-corrected chi connectivity index (χ3v) is 4.03. The van der Waals surface area contributed by atoms with E-state index in [-0.39, 0.29) is 5.91 Å². The fraction of sp³-hybridized carbons (Fsp3) is 0.385. The molecule has 0 aliphatic carbocycles. The molecule has 3 heterocycles. The second kappa shape index (κ2) is 5.54. The molecule has 2 aromatic heterocycles. The summed E-state index contributed by atoms with van der Waals surface area (Å²) in [5.41, 5.74) is 3.89. The molecule has 1 aliphatic heterocycles. The normalized spacial score (nSPS) is 14.1. The number of fused-ring (bicyclic) bond motifs is 1. The van der Waals surface area contributed by atoms with Gasteiger partial charge < -0.3 is 10.6 Å². The molecule has 100 valence electrons. The first-order chi connectivity index (χ1) is 9.34. The van der Waals surface area contributed by atoms with Crippen molar-refractivity contribution < 1.29 is 4.79 Å². The van der Waals surface area contributed by atoms with Crippen LogP contribution in [0.5, 0.6) is 0 Å². The molecule has 19 heavy (non-hydrogen) atoms. The Hall–Kier alpha value is -1.66. The number of nitrogens with zero attached hydrogens (tertiary/aromatic N) is 1. The van der Waals surface area contributed by atoms with Gasteiger partial charge in [-0.05, 0) is 28.8 Å². The maximum atomic E-state index is 12.1. The number of amides is 1. The third-order valence-electron chi connectivity index (χ3n) is 3.30. The Morgan fingerprint density at radius 3 is 3.32 bits per heavy atom. The van der Waals surface area contributed by atoms with E-state index in [0.29, 0.717) is 12.2 Å². The molecule has 5 nitrogen and oxygen atoms in total. The molecule has 3 N–H and O–H groups in total. The minimum atomic E-state index is -0.0866. The first-order valence-corrected chi connectivity index (χ1v) is 7.35. The zero-order chi connectivity index (χ0) is 13.1. The largest absolute Gasteiger partial charge is 0.350 e. The Bertz CT molecular complexity index is 561. The van der Waals surface area contributed by atoms with Gasteiger partial charge in [-0.2, -0.15) is 16.4 Å². The second-order valence-corrected chi connectivity index (χ2v) is 5.37. The van der Waals surface area contributed by atoms with Crippen LogP contribution >= 0.6 is 11.3 Å². The van der Waals surface area contributed by atoms with Crippen LogP contribution in [-0.4, -0.2) is 29.2 Å². The fourth-order valence-electron chi connectivity index (χ4n) is 2.25. The van der Waals surface area contributed by atoms with Crippen molar-refractivity contribution in [2.75, 3.05) is 13.1 Å². The maximum absolute atomic E-state index is 12.1. The van der Waals surface area contributed by atoms with E-state index in [9.17, 15) is 4.79 Å². The molecule has 0 atom stereocenters. The summed E-state index contributed by atoms with van der Waals surface area (Å²) < 4.78 is 0. The quantitative estimate of drug-likeness (QED) is 0.783. The molecule has 2 aromatic rings. The number of carbonyl (C=O) groups excluding carboxylic acids is 1. The molecule has 0 radical (unpaired) electrons. The van der Waals surface area contributed by atoms with E-state index in [0.717, 1.165) is 37.2 Å². The summed E-state index contributed by atoms with van der Waals surface area (Å²) in [6.07, 6.45) is 1.77. The smallest absolute Gasteiger partial charge is 0.272 e. The van der Waals surface area contributed by atoms with E-state index in [1.165, 1.54) is 5.56 Å². The van der Waals surface area contributed by atoms with Crippen LogP contribution in [0, 0.1) is 0 Å². The molecule has 0 saturated carbocycles. The van der Waals surface area contributed by atoms with E-state index in [1.807, 2.05) is 5.38 Å². The predicted molar refractivity (Wildman–Crippen MR) is 74.4 cm³/mol. The SMILES string of the molecule is O=C(NCCc1ccsc1)c1n[nH]c2c1CNCC2. The number of nitrogens with one attached hydrogen (secondary N) is 3. The highest BCUT2D eigenvalue weighted by molar-refractivity contribution is 7.07. The Balaban J connectivity index is 1.59. The zero-order valence-corrected chi connectivity index (χ0v) is 11.3. The van der Waals surface area contributed by atoms with Gasteiger partial charge in [0.15, 0.2) is 5.69 Å². The van der Waals surface area contributed by atoms with Gasteiger partial charge in [-0.25, -0.2) is 0 Å². The zero-order valence-electron chi connectivity index (χ0n) is 10.5. The summed E-state index contributed by atoms with van der Waals surface area (Å²) in [6, 6.07) is 2.08. The molecule has 3 rings (SSSR count). The number of aromatic nitrogens is 2. The number of hydrogen-bond donors (Lipinski definition) is 3. The number of rotatable bonds is 4. The lowest BCUT2D eigenvalue weighted by atomic mass is 10.1. The topological polar surface area (TPSA) is 69.8 Å². The highest BCUT2D eigenvalue weighted by atomic mass is 32.1. The summed E-state index contributed by atoms with van der Waals surface area (Å²) in [7, 11) is 0. The highest BCUT2D eigenvalue weighted by Crippen LogP contribution is 2.15. The van der Waals surface area contributed by atoms with Crippen LogP contribution in [0.15, 0.2) is 16.8 Å². The molecule has 0 saturated heterocycles. The van der Waals surface area contributed by atoms with Gasteiger partial charge in [0.2, 0.25) is 0 Å². The molecule has 1 amide bonds. The minimum absolute atomic E-state index is 0.0866. The van der Waals surface area contributed by atoms with Gasteiger partial charge in [-0.3, -0.25) is 9.89 Å². The highest BCUT2D eigenvalue weighted by Gasteiger charge is 2.20. The van der Waals surface area contributed by atoms with Gasteiger partial charge in [-0.15, -0.1) is 0 Å². The molecule has 6 heteroatoms. The van der Waals surface area contributed by atoms with Crippen molar-refractivity contribution in [3.05, 3.63) is 39.3 Å². The van der Waals surface area contributed by atoms with E-state index in [4.69, 9.17) is 0 Å². The lowest BCUT2D eigenvalue weighted by molar-refractivity contribution is 0.0948. The van der Waals surface area contributed by atoms with E-state index in [1.54, 1.807) is 11.3 Å². The van der Waals surface area contributed by atoms with Gasteiger partial charge in [0.05, 0.1) is 0 Å². The number of hydrogen-bond acceptors (Lipinski definition) is 4. The number of carbonyl (C=O) groups is 1. The molecule has 0 aromatic carbocycles. The minimum Gasteiger partial charge on any atom is -0.350 e. The van der Waals surface area contributed by atoms with E-state index >= 15 is 0 Å². The molecule has 0 spiro atoms. The van der Waals surface area contributed by atoms with Crippen LogP contribution in [0.3, 0.4) is 0 Å². The first kappa shape index (κ1) is 12.4. The summed E-state index contributed by atoms with van der Waals surface area (Å²) in [6.45, 7) is 2.30. The van der Waals surface area contributed by atoms with Crippen molar-refractivity contribution in [2.24, 2.45) is 0 Å². The van der Waals surface area contributed by atoms with Crippen molar-refractivity contribution in [1.29, 1.82) is 0 Å². The van der Waals surface area contributed by atoms with Crippen molar-refractivity contribution in [3.63, 3.8) is 0 Å². The van der Waals surface area contributed by atoms with Gasteiger partial charge in [0.1, 0.15) is 0 Å². The van der Waals surface area contributed by atoms with Crippen LogP contribution in [0.25, 0.3) is 0 Å². The Kier molecular flexibility index (Phi) is 3.61. The Labute approximate surface area is 115 Å². The molecular weight excluding hydrogens is 260 g/mol. The van der Waals surface area contributed by atoms with Crippen LogP contribution in [-0.2, 0) is 19.4 Å². The van der Waals surface area contributed by atoms with Gasteiger partial charge >= 0.3 is 0 Å². The average Bonchev–Trinajstić information content (AvgIpc) is 3.07. The second-order valence-electron chi connectivity index (χ2n) is 4.59. The van der Waals surface area contributed by atoms with E-state index in [2.05, 4.69) is 32.3 Å². The van der Waals surface area contributed by atoms with Crippen LogP contribution in [0.1, 0.15) is 27.3 Å². The lowest BCUT2D eigenvalue weighted by Crippen LogP contribution is -2.29. The third kappa shape index (κ3) is 2.69.